The molecule has 1 N–H and O–H groups in total. The number of methoxy groups -OCH3 is 1. The molecule has 1 heterocycles. The summed E-state index contributed by atoms with van der Waals surface area (Å²) in [5.74, 6) is -3.80. The summed E-state index contributed by atoms with van der Waals surface area (Å²) in [5, 5.41) is 13.5. The van der Waals surface area contributed by atoms with Crippen molar-refractivity contribution in [2.75, 3.05) is 17.3 Å². The standard InChI is InChI=1S/C26H23F2N3O5/c1-15-7-9-16(10-8-15)30-24(32)12-11-18(25(30)17-5-3-4-6-23(17)36-2)26(33)29-21-14-22(31(34)35)20(28)13-19(21)27/h3-10,13-14,18,25H,11-12H2,1-2H3,(H,29,33)/t18-,25-/m0/s1. The Bertz CT molecular complexity index is 1330. The lowest BCUT2D eigenvalue weighted by Gasteiger charge is -2.41. The third-order valence-electron chi connectivity index (χ3n) is 6.19. The van der Waals surface area contributed by atoms with Crippen molar-refractivity contribution in [3.05, 3.63) is 93.5 Å². The summed E-state index contributed by atoms with van der Waals surface area (Å²) in [6.45, 7) is 1.91. The normalized spacial score (nSPS) is 17.6. The summed E-state index contributed by atoms with van der Waals surface area (Å²) >= 11 is 0. The summed E-state index contributed by atoms with van der Waals surface area (Å²) < 4.78 is 33.7. The molecule has 3 aromatic rings. The van der Waals surface area contributed by atoms with Crippen molar-refractivity contribution in [2.45, 2.75) is 25.8 Å². The number of carbonyl (C=O) groups is 2. The first-order valence-electron chi connectivity index (χ1n) is 11.2. The zero-order valence-electron chi connectivity index (χ0n) is 19.5. The first-order valence-corrected chi connectivity index (χ1v) is 11.2. The van der Waals surface area contributed by atoms with E-state index in [0.29, 0.717) is 29.1 Å². The van der Waals surface area contributed by atoms with Gasteiger partial charge in [-0.05, 0) is 31.5 Å². The summed E-state index contributed by atoms with van der Waals surface area (Å²) in [5.41, 5.74) is 0.639. The molecular weight excluding hydrogens is 472 g/mol. The molecular formula is C26H23F2N3O5. The predicted octanol–water partition coefficient (Wildman–Crippen LogP) is 5.31. The number of piperidine rings is 1. The molecule has 0 radical (unpaired) electrons. The van der Waals surface area contributed by atoms with Gasteiger partial charge in [0.2, 0.25) is 17.6 Å². The van der Waals surface area contributed by atoms with Crippen LogP contribution in [-0.2, 0) is 9.59 Å². The highest BCUT2D eigenvalue weighted by Crippen LogP contribution is 2.43. The third kappa shape index (κ3) is 4.74. The number of benzene rings is 3. The topological polar surface area (TPSA) is 102 Å². The largest absolute Gasteiger partial charge is 0.496 e. The maximum atomic E-state index is 14.4. The van der Waals surface area contributed by atoms with E-state index in [4.69, 9.17) is 4.74 Å². The van der Waals surface area contributed by atoms with Gasteiger partial charge in [0.25, 0.3) is 0 Å². The molecule has 0 aromatic heterocycles. The molecule has 1 aliphatic rings. The van der Waals surface area contributed by atoms with E-state index in [9.17, 15) is 28.5 Å². The quantitative estimate of drug-likeness (QED) is 0.369. The molecule has 8 nitrogen and oxygen atoms in total. The second-order valence-electron chi connectivity index (χ2n) is 8.46. The molecule has 1 fully saturated rings. The number of nitro benzene ring substituents is 1. The molecule has 0 spiro atoms. The Morgan fingerprint density at radius 1 is 1.11 bits per heavy atom. The highest BCUT2D eigenvalue weighted by Gasteiger charge is 2.43. The number of anilines is 2. The van der Waals surface area contributed by atoms with E-state index in [2.05, 4.69) is 5.32 Å². The van der Waals surface area contributed by atoms with E-state index in [1.807, 2.05) is 19.1 Å². The van der Waals surface area contributed by atoms with E-state index in [1.54, 1.807) is 36.4 Å². The lowest BCUT2D eigenvalue weighted by molar-refractivity contribution is -0.387. The lowest BCUT2D eigenvalue weighted by Crippen LogP contribution is -2.47. The maximum Gasteiger partial charge on any atom is 0.307 e. The number of aryl methyl sites for hydroxylation is 1. The zero-order chi connectivity index (χ0) is 26.0. The Morgan fingerprint density at radius 3 is 2.47 bits per heavy atom. The second-order valence-corrected chi connectivity index (χ2v) is 8.46. The minimum absolute atomic E-state index is 0.0453. The molecule has 0 unspecified atom stereocenters. The number of ether oxygens (including phenoxy) is 1. The van der Waals surface area contributed by atoms with Gasteiger partial charge < -0.3 is 15.0 Å². The van der Waals surface area contributed by atoms with E-state index in [0.717, 1.165) is 5.56 Å². The van der Waals surface area contributed by atoms with Crippen LogP contribution in [0.3, 0.4) is 0 Å². The number of hydrogen-bond acceptors (Lipinski definition) is 5. The molecule has 1 saturated heterocycles. The van der Waals surface area contributed by atoms with Gasteiger partial charge in [0.15, 0.2) is 0 Å². The number of nitrogens with one attached hydrogen (secondary N) is 1. The van der Waals surface area contributed by atoms with Crippen LogP contribution in [0.25, 0.3) is 0 Å². The number of halogens is 2. The summed E-state index contributed by atoms with van der Waals surface area (Å²) in [7, 11) is 1.47. The van der Waals surface area contributed by atoms with Crippen molar-refractivity contribution >= 4 is 28.9 Å². The Labute approximate surface area is 205 Å². The Balaban J connectivity index is 1.78. The van der Waals surface area contributed by atoms with Crippen LogP contribution in [0, 0.1) is 34.6 Å². The number of amides is 2. The van der Waals surface area contributed by atoms with Gasteiger partial charge >= 0.3 is 5.69 Å². The molecule has 4 rings (SSSR count). The minimum atomic E-state index is -1.35. The van der Waals surface area contributed by atoms with Gasteiger partial charge in [0.05, 0.1) is 29.7 Å². The molecule has 2 amide bonds. The highest BCUT2D eigenvalue weighted by molar-refractivity contribution is 6.00. The number of rotatable bonds is 6. The number of carbonyl (C=O) groups excluding carboxylic acids is 2. The van der Waals surface area contributed by atoms with Crippen LogP contribution in [0.15, 0.2) is 60.7 Å². The van der Waals surface area contributed by atoms with Crippen LogP contribution in [0.5, 0.6) is 5.75 Å². The van der Waals surface area contributed by atoms with Gasteiger partial charge in [0, 0.05) is 29.8 Å². The van der Waals surface area contributed by atoms with Crippen molar-refractivity contribution in [3.63, 3.8) is 0 Å². The van der Waals surface area contributed by atoms with Gasteiger partial charge in [-0.3, -0.25) is 19.7 Å². The fourth-order valence-electron chi connectivity index (χ4n) is 4.44. The van der Waals surface area contributed by atoms with E-state index in [1.165, 1.54) is 12.0 Å². The minimum Gasteiger partial charge on any atom is -0.496 e. The van der Waals surface area contributed by atoms with Crippen molar-refractivity contribution in [1.29, 1.82) is 0 Å². The Morgan fingerprint density at radius 2 is 1.81 bits per heavy atom. The fourth-order valence-corrected chi connectivity index (χ4v) is 4.44. The average molecular weight is 495 g/mol. The van der Waals surface area contributed by atoms with Gasteiger partial charge in [-0.2, -0.15) is 4.39 Å². The first kappa shape index (κ1) is 24.8. The zero-order valence-corrected chi connectivity index (χ0v) is 19.5. The molecule has 3 aromatic carbocycles. The van der Waals surface area contributed by atoms with Crippen LogP contribution in [0.4, 0.5) is 25.8 Å². The van der Waals surface area contributed by atoms with Gasteiger partial charge in [-0.1, -0.05) is 35.9 Å². The van der Waals surface area contributed by atoms with Gasteiger partial charge in [-0.15, -0.1) is 0 Å². The Hall–Kier alpha value is -4.34. The smallest absolute Gasteiger partial charge is 0.307 e. The van der Waals surface area contributed by atoms with Crippen molar-refractivity contribution in [3.8, 4) is 5.75 Å². The molecule has 0 aliphatic carbocycles. The summed E-state index contributed by atoms with van der Waals surface area (Å²) in [6, 6.07) is 14.4. The van der Waals surface area contributed by atoms with E-state index < -0.39 is 45.8 Å². The predicted molar refractivity (Wildman–Crippen MR) is 129 cm³/mol. The van der Waals surface area contributed by atoms with Gasteiger partial charge in [-0.25, -0.2) is 4.39 Å². The first-order chi connectivity index (χ1) is 17.2. The number of nitro groups is 1. The van der Waals surface area contributed by atoms with Crippen LogP contribution < -0.4 is 15.0 Å². The van der Waals surface area contributed by atoms with Crippen LogP contribution in [0.2, 0.25) is 0 Å². The van der Waals surface area contributed by atoms with Crippen molar-refractivity contribution < 1.29 is 28.0 Å². The molecule has 2 atom stereocenters. The van der Waals surface area contributed by atoms with E-state index >= 15 is 0 Å². The summed E-state index contributed by atoms with van der Waals surface area (Å²) in [4.78, 5) is 38.3. The fraction of sp³-hybridized carbons (Fsp3) is 0.231. The van der Waals surface area contributed by atoms with E-state index in [-0.39, 0.29) is 18.7 Å². The molecule has 1 aliphatic heterocycles. The molecule has 0 bridgehead atoms. The molecule has 36 heavy (non-hydrogen) atoms. The number of nitrogens with zero attached hydrogens (tertiary/aromatic N) is 2. The van der Waals surface area contributed by atoms with Crippen LogP contribution >= 0.6 is 0 Å². The van der Waals surface area contributed by atoms with Crippen molar-refractivity contribution in [1.82, 2.24) is 0 Å². The lowest BCUT2D eigenvalue weighted by atomic mass is 9.82. The molecule has 10 heteroatoms. The molecule has 186 valence electrons. The number of para-hydroxylation sites is 1. The van der Waals surface area contributed by atoms with Gasteiger partial charge in [0.1, 0.15) is 11.6 Å². The van der Waals surface area contributed by atoms with Crippen molar-refractivity contribution in [2.24, 2.45) is 5.92 Å². The van der Waals surface area contributed by atoms with Crippen LogP contribution in [-0.4, -0.2) is 23.8 Å². The molecule has 0 saturated carbocycles. The SMILES string of the molecule is COc1ccccc1[C@H]1[C@@H](C(=O)Nc2cc([N+](=O)[O-])c(F)cc2F)CCC(=O)N1c1ccc(C)cc1. The maximum absolute atomic E-state index is 14.4. The number of hydrogen-bond donors (Lipinski definition) is 1. The summed E-state index contributed by atoms with van der Waals surface area (Å²) in [6.07, 6.45) is 0.185. The third-order valence-corrected chi connectivity index (χ3v) is 6.19. The second kappa shape index (κ2) is 10.1. The average Bonchev–Trinajstić information content (AvgIpc) is 2.85. The highest BCUT2D eigenvalue weighted by atomic mass is 19.1. The Kier molecular flexibility index (Phi) is 6.96. The monoisotopic (exact) mass is 495 g/mol. The van der Waals surface area contributed by atoms with Crippen LogP contribution in [0.1, 0.15) is 30.0 Å².